The van der Waals surface area contributed by atoms with Gasteiger partial charge in [0.2, 0.25) is 0 Å². The van der Waals surface area contributed by atoms with Crippen LogP contribution in [0.4, 0.5) is 0 Å². The van der Waals surface area contributed by atoms with Crippen molar-refractivity contribution < 1.29 is 4.79 Å². The van der Waals surface area contributed by atoms with Crippen LogP contribution in [0.5, 0.6) is 0 Å². The Balaban J connectivity index is 1.67. The van der Waals surface area contributed by atoms with Gasteiger partial charge in [-0.05, 0) is 31.2 Å². The SMILES string of the molecule is Cc1csc(CNC(=O)c2cn(-c3ccc(Br)cc3)cn2)n1. The molecule has 1 N–H and O–H groups in total. The minimum Gasteiger partial charge on any atom is -0.344 e. The molecule has 5 nitrogen and oxygen atoms in total. The van der Waals surface area contributed by atoms with Gasteiger partial charge in [-0.3, -0.25) is 4.79 Å². The summed E-state index contributed by atoms with van der Waals surface area (Å²) in [6.45, 7) is 2.35. The van der Waals surface area contributed by atoms with Crippen molar-refractivity contribution >= 4 is 33.2 Å². The van der Waals surface area contributed by atoms with Crippen molar-refractivity contribution in [3.05, 3.63) is 63.0 Å². The molecule has 0 aliphatic heterocycles. The number of hydrogen-bond donors (Lipinski definition) is 1. The van der Waals surface area contributed by atoms with Crippen LogP contribution in [0, 0.1) is 6.92 Å². The fraction of sp³-hybridized carbons (Fsp3) is 0.133. The van der Waals surface area contributed by atoms with Gasteiger partial charge in [0.1, 0.15) is 17.0 Å². The molecule has 0 aliphatic carbocycles. The third-order valence-corrected chi connectivity index (χ3v) is 4.50. The predicted molar refractivity (Wildman–Crippen MR) is 89.3 cm³/mol. The summed E-state index contributed by atoms with van der Waals surface area (Å²) in [4.78, 5) is 20.6. The van der Waals surface area contributed by atoms with Crippen molar-refractivity contribution in [2.75, 3.05) is 0 Å². The highest BCUT2D eigenvalue weighted by Gasteiger charge is 2.10. The van der Waals surface area contributed by atoms with Gasteiger partial charge in [0.15, 0.2) is 0 Å². The summed E-state index contributed by atoms with van der Waals surface area (Å²) in [7, 11) is 0. The number of carbonyl (C=O) groups excluding carboxylic acids is 1. The molecule has 112 valence electrons. The predicted octanol–water partition coefficient (Wildman–Crippen LogP) is 3.33. The normalized spacial score (nSPS) is 10.6. The Hall–Kier alpha value is -1.99. The topological polar surface area (TPSA) is 59.8 Å². The molecule has 7 heteroatoms. The van der Waals surface area contributed by atoms with Crippen molar-refractivity contribution in [3.8, 4) is 5.69 Å². The lowest BCUT2D eigenvalue weighted by molar-refractivity contribution is 0.0946. The maximum absolute atomic E-state index is 12.1. The zero-order valence-electron chi connectivity index (χ0n) is 11.8. The van der Waals surface area contributed by atoms with Gasteiger partial charge < -0.3 is 9.88 Å². The maximum Gasteiger partial charge on any atom is 0.271 e. The van der Waals surface area contributed by atoms with Crippen molar-refractivity contribution in [1.29, 1.82) is 0 Å². The zero-order valence-corrected chi connectivity index (χ0v) is 14.2. The number of thiazole rings is 1. The first-order valence-corrected chi connectivity index (χ1v) is 8.28. The van der Waals surface area contributed by atoms with Gasteiger partial charge in [-0.15, -0.1) is 11.3 Å². The second-order valence-corrected chi connectivity index (χ2v) is 6.57. The van der Waals surface area contributed by atoms with Crippen LogP contribution in [0.15, 0.2) is 46.6 Å². The number of halogens is 1. The first-order valence-electron chi connectivity index (χ1n) is 6.61. The van der Waals surface area contributed by atoms with Gasteiger partial charge in [0, 0.05) is 27.4 Å². The molecule has 0 bridgehead atoms. The van der Waals surface area contributed by atoms with E-state index in [1.54, 1.807) is 12.5 Å². The second-order valence-electron chi connectivity index (χ2n) is 4.71. The summed E-state index contributed by atoms with van der Waals surface area (Å²) in [6.07, 6.45) is 3.34. The van der Waals surface area contributed by atoms with Gasteiger partial charge in [-0.2, -0.15) is 0 Å². The summed E-state index contributed by atoms with van der Waals surface area (Å²) in [5, 5.41) is 5.68. The third kappa shape index (κ3) is 3.42. The van der Waals surface area contributed by atoms with Crippen LogP contribution in [0.1, 0.15) is 21.2 Å². The Morgan fingerprint density at radius 3 is 2.82 bits per heavy atom. The number of hydrogen-bond acceptors (Lipinski definition) is 4. The fourth-order valence-corrected chi connectivity index (χ4v) is 2.90. The molecule has 1 amide bonds. The van der Waals surface area contributed by atoms with Crippen LogP contribution >= 0.6 is 27.3 Å². The van der Waals surface area contributed by atoms with E-state index in [2.05, 4.69) is 31.2 Å². The Labute approximate surface area is 140 Å². The summed E-state index contributed by atoms with van der Waals surface area (Å²) < 4.78 is 2.82. The molecule has 0 saturated heterocycles. The largest absolute Gasteiger partial charge is 0.344 e. The average Bonchev–Trinajstić information content (AvgIpc) is 3.15. The van der Waals surface area contributed by atoms with Gasteiger partial charge in [0.25, 0.3) is 5.91 Å². The van der Waals surface area contributed by atoms with Crippen LogP contribution in [0.2, 0.25) is 0 Å². The molecule has 0 fully saturated rings. The molecule has 0 unspecified atom stereocenters. The smallest absolute Gasteiger partial charge is 0.271 e. The molecule has 1 aromatic carbocycles. The van der Waals surface area contributed by atoms with Crippen LogP contribution in [0.25, 0.3) is 5.69 Å². The number of aromatic nitrogens is 3. The van der Waals surface area contributed by atoms with E-state index >= 15 is 0 Å². The number of imidazole rings is 1. The summed E-state index contributed by atoms with van der Waals surface area (Å²) in [6, 6.07) is 7.79. The first-order chi connectivity index (χ1) is 10.6. The molecule has 22 heavy (non-hydrogen) atoms. The highest BCUT2D eigenvalue weighted by molar-refractivity contribution is 9.10. The molecule has 3 aromatic rings. The van der Waals surface area contributed by atoms with Crippen molar-refractivity contribution in [1.82, 2.24) is 19.9 Å². The lowest BCUT2D eigenvalue weighted by atomic mass is 10.3. The fourth-order valence-electron chi connectivity index (χ4n) is 1.92. The lowest BCUT2D eigenvalue weighted by Crippen LogP contribution is -2.23. The van der Waals surface area contributed by atoms with Crippen molar-refractivity contribution in [3.63, 3.8) is 0 Å². The maximum atomic E-state index is 12.1. The van der Waals surface area contributed by atoms with Gasteiger partial charge in [-0.1, -0.05) is 15.9 Å². The number of benzene rings is 1. The Kier molecular flexibility index (Phi) is 4.35. The van der Waals surface area contributed by atoms with E-state index in [1.807, 2.05) is 41.1 Å². The van der Waals surface area contributed by atoms with Gasteiger partial charge >= 0.3 is 0 Å². The van der Waals surface area contributed by atoms with Crippen LogP contribution in [0.3, 0.4) is 0 Å². The first kappa shape index (κ1) is 14.9. The van der Waals surface area contributed by atoms with E-state index in [1.165, 1.54) is 11.3 Å². The Morgan fingerprint density at radius 2 is 2.14 bits per heavy atom. The number of aryl methyl sites for hydroxylation is 1. The quantitative estimate of drug-likeness (QED) is 0.759. The number of nitrogens with one attached hydrogen (secondary N) is 1. The molecule has 0 aliphatic rings. The monoisotopic (exact) mass is 376 g/mol. The third-order valence-electron chi connectivity index (χ3n) is 3.01. The zero-order chi connectivity index (χ0) is 15.5. The summed E-state index contributed by atoms with van der Waals surface area (Å²) in [5.74, 6) is -0.205. The van der Waals surface area contributed by atoms with E-state index in [0.29, 0.717) is 12.2 Å². The average molecular weight is 377 g/mol. The molecule has 3 rings (SSSR count). The van der Waals surface area contributed by atoms with Crippen LogP contribution in [-0.4, -0.2) is 20.4 Å². The van der Waals surface area contributed by atoms with E-state index in [4.69, 9.17) is 0 Å². The molecule has 0 spiro atoms. The number of carbonyl (C=O) groups is 1. The molecule has 2 aromatic heterocycles. The molecule has 2 heterocycles. The lowest BCUT2D eigenvalue weighted by Gasteiger charge is -2.01. The summed E-state index contributed by atoms with van der Waals surface area (Å²) in [5.41, 5.74) is 2.30. The standard InChI is InChI=1S/C15H13BrN4OS/c1-10-8-22-14(19-10)6-17-15(21)13-7-20(9-18-13)12-4-2-11(16)3-5-12/h2-5,7-9H,6H2,1H3,(H,17,21). The molecular weight excluding hydrogens is 364 g/mol. The van der Waals surface area contributed by atoms with Gasteiger partial charge in [0.05, 0.1) is 6.54 Å². The van der Waals surface area contributed by atoms with Crippen molar-refractivity contribution in [2.45, 2.75) is 13.5 Å². The molecule has 0 radical (unpaired) electrons. The van der Waals surface area contributed by atoms with E-state index in [-0.39, 0.29) is 5.91 Å². The molecular formula is C15H13BrN4OS. The Bertz CT molecular complexity index is 794. The summed E-state index contributed by atoms with van der Waals surface area (Å²) >= 11 is 4.93. The van der Waals surface area contributed by atoms with Crippen LogP contribution in [-0.2, 0) is 6.54 Å². The molecule has 0 atom stereocenters. The second kappa shape index (κ2) is 6.41. The van der Waals surface area contributed by atoms with Crippen molar-refractivity contribution in [2.24, 2.45) is 0 Å². The highest BCUT2D eigenvalue weighted by Crippen LogP contribution is 2.14. The van der Waals surface area contributed by atoms with Gasteiger partial charge in [-0.25, -0.2) is 9.97 Å². The van der Waals surface area contributed by atoms with Crippen LogP contribution < -0.4 is 5.32 Å². The molecule has 0 saturated carbocycles. The Morgan fingerprint density at radius 1 is 1.36 bits per heavy atom. The number of amides is 1. The number of nitrogens with zero attached hydrogens (tertiary/aromatic N) is 3. The van der Waals surface area contributed by atoms with E-state index in [0.717, 1.165) is 20.9 Å². The highest BCUT2D eigenvalue weighted by atomic mass is 79.9. The minimum absolute atomic E-state index is 0.205. The van der Waals surface area contributed by atoms with E-state index < -0.39 is 0 Å². The minimum atomic E-state index is -0.205. The number of rotatable bonds is 4. The van der Waals surface area contributed by atoms with E-state index in [9.17, 15) is 4.79 Å².